The molecule has 0 aliphatic carbocycles. The maximum absolute atomic E-state index is 12.7. The second kappa shape index (κ2) is 8.96. The topological polar surface area (TPSA) is 86.3 Å². The standard InChI is InChI=1S/C25H22N6O2/c1-18-10-11-23-28-20(15-30(23)14-18)16-33-22-9-5-6-19(12-22)25(32)26-13-24-29-27-17-31(24)21-7-3-2-4-8-21/h2-12,14-15,17H,13,16H2,1H3,(H,26,32). The van der Waals surface area contributed by atoms with Crippen LogP contribution in [0.5, 0.6) is 5.75 Å². The number of pyridine rings is 1. The molecule has 5 aromatic rings. The van der Waals surface area contributed by atoms with Crippen LogP contribution in [0.2, 0.25) is 0 Å². The number of rotatable bonds is 7. The number of fused-ring (bicyclic) bond motifs is 1. The Morgan fingerprint density at radius 2 is 1.91 bits per heavy atom. The number of para-hydroxylation sites is 1. The number of carbonyl (C=O) groups is 1. The lowest BCUT2D eigenvalue weighted by Gasteiger charge is -2.09. The van der Waals surface area contributed by atoms with Crippen molar-refractivity contribution in [3.63, 3.8) is 0 Å². The van der Waals surface area contributed by atoms with Crippen molar-refractivity contribution in [1.29, 1.82) is 0 Å². The minimum Gasteiger partial charge on any atom is -0.487 e. The fraction of sp³-hybridized carbons (Fsp3) is 0.120. The van der Waals surface area contributed by atoms with Gasteiger partial charge in [-0.15, -0.1) is 10.2 Å². The summed E-state index contributed by atoms with van der Waals surface area (Å²) in [5.41, 5.74) is 4.28. The van der Waals surface area contributed by atoms with E-state index in [9.17, 15) is 4.79 Å². The number of hydrogen-bond acceptors (Lipinski definition) is 5. The molecule has 0 fully saturated rings. The number of carbonyl (C=O) groups excluding carboxylic acids is 1. The lowest BCUT2D eigenvalue weighted by molar-refractivity contribution is 0.0949. The molecule has 0 spiro atoms. The summed E-state index contributed by atoms with van der Waals surface area (Å²) in [5.74, 6) is 1.03. The van der Waals surface area contributed by atoms with Gasteiger partial charge in [-0.25, -0.2) is 4.98 Å². The van der Waals surface area contributed by atoms with Crippen LogP contribution in [-0.2, 0) is 13.2 Å². The zero-order chi connectivity index (χ0) is 22.6. The molecule has 33 heavy (non-hydrogen) atoms. The lowest BCUT2D eigenvalue weighted by Crippen LogP contribution is -2.24. The Morgan fingerprint density at radius 3 is 2.79 bits per heavy atom. The van der Waals surface area contributed by atoms with Crippen LogP contribution < -0.4 is 10.1 Å². The molecular weight excluding hydrogens is 416 g/mol. The fourth-order valence-corrected chi connectivity index (χ4v) is 3.55. The van der Waals surface area contributed by atoms with E-state index < -0.39 is 0 Å². The summed E-state index contributed by atoms with van der Waals surface area (Å²) >= 11 is 0. The first kappa shape index (κ1) is 20.4. The molecule has 0 radical (unpaired) electrons. The highest BCUT2D eigenvalue weighted by Gasteiger charge is 2.11. The summed E-state index contributed by atoms with van der Waals surface area (Å²) in [7, 11) is 0. The Morgan fingerprint density at radius 1 is 1.03 bits per heavy atom. The van der Waals surface area contributed by atoms with Gasteiger partial charge in [0.25, 0.3) is 5.91 Å². The van der Waals surface area contributed by atoms with Crippen molar-refractivity contribution >= 4 is 11.6 Å². The second-order valence-corrected chi connectivity index (χ2v) is 7.66. The molecule has 1 amide bonds. The summed E-state index contributed by atoms with van der Waals surface area (Å²) in [6.07, 6.45) is 5.60. The van der Waals surface area contributed by atoms with E-state index in [-0.39, 0.29) is 12.5 Å². The molecule has 0 aliphatic rings. The van der Waals surface area contributed by atoms with E-state index in [1.54, 1.807) is 24.5 Å². The molecule has 0 saturated heterocycles. The van der Waals surface area contributed by atoms with Crippen molar-refractivity contribution in [2.24, 2.45) is 0 Å². The van der Waals surface area contributed by atoms with E-state index in [1.165, 1.54) is 0 Å². The summed E-state index contributed by atoms with van der Waals surface area (Å²) in [5, 5.41) is 11.0. The smallest absolute Gasteiger partial charge is 0.251 e. The minimum absolute atomic E-state index is 0.216. The van der Waals surface area contributed by atoms with Gasteiger partial charge >= 0.3 is 0 Å². The first-order chi connectivity index (χ1) is 16.2. The zero-order valence-electron chi connectivity index (χ0n) is 18.0. The van der Waals surface area contributed by atoms with Crippen molar-refractivity contribution < 1.29 is 9.53 Å². The highest BCUT2D eigenvalue weighted by Crippen LogP contribution is 2.16. The Balaban J connectivity index is 1.23. The number of nitrogens with one attached hydrogen (secondary N) is 1. The van der Waals surface area contributed by atoms with Gasteiger partial charge in [-0.3, -0.25) is 9.36 Å². The number of benzene rings is 2. The normalized spacial score (nSPS) is 10.9. The van der Waals surface area contributed by atoms with E-state index in [2.05, 4.69) is 20.5 Å². The Kier molecular flexibility index (Phi) is 5.55. The van der Waals surface area contributed by atoms with Gasteiger partial charge in [-0.2, -0.15) is 0 Å². The molecule has 8 heteroatoms. The average molecular weight is 438 g/mol. The minimum atomic E-state index is -0.216. The van der Waals surface area contributed by atoms with Crippen LogP contribution in [0, 0.1) is 6.92 Å². The van der Waals surface area contributed by atoms with Crippen molar-refractivity contribution in [3.05, 3.63) is 108 Å². The molecule has 5 rings (SSSR count). The number of imidazole rings is 1. The van der Waals surface area contributed by atoms with E-state index in [0.29, 0.717) is 23.7 Å². The molecule has 0 aliphatic heterocycles. The van der Waals surface area contributed by atoms with Crippen molar-refractivity contribution in [3.8, 4) is 11.4 Å². The third-order valence-electron chi connectivity index (χ3n) is 5.19. The fourth-order valence-electron chi connectivity index (χ4n) is 3.55. The van der Waals surface area contributed by atoms with E-state index in [1.807, 2.05) is 76.8 Å². The Labute approximate surface area is 190 Å². The zero-order valence-corrected chi connectivity index (χ0v) is 18.0. The van der Waals surface area contributed by atoms with Gasteiger partial charge in [0.05, 0.1) is 12.2 Å². The number of aromatic nitrogens is 5. The molecule has 8 nitrogen and oxygen atoms in total. The van der Waals surface area contributed by atoms with Gasteiger partial charge in [0.15, 0.2) is 5.82 Å². The number of amides is 1. The summed E-state index contributed by atoms with van der Waals surface area (Å²) in [4.78, 5) is 17.3. The van der Waals surface area contributed by atoms with E-state index in [0.717, 1.165) is 22.6 Å². The third-order valence-corrected chi connectivity index (χ3v) is 5.19. The number of hydrogen-bond donors (Lipinski definition) is 1. The van der Waals surface area contributed by atoms with Crippen LogP contribution in [0.1, 0.15) is 27.4 Å². The lowest BCUT2D eigenvalue weighted by atomic mass is 10.2. The maximum atomic E-state index is 12.7. The quantitative estimate of drug-likeness (QED) is 0.418. The number of ether oxygens (including phenoxy) is 1. The van der Waals surface area contributed by atoms with Crippen LogP contribution in [0.4, 0.5) is 0 Å². The predicted octanol–water partition coefficient (Wildman–Crippen LogP) is 3.73. The van der Waals surface area contributed by atoms with Crippen LogP contribution in [0.15, 0.2) is 85.5 Å². The monoisotopic (exact) mass is 438 g/mol. The second-order valence-electron chi connectivity index (χ2n) is 7.66. The molecule has 3 aromatic heterocycles. The summed E-state index contributed by atoms with van der Waals surface area (Å²) in [6.45, 7) is 2.60. The van der Waals surface area contributed by atoms with E-state index in [4.69, 9.17) is 4.74 Å². The van der Waals surface area contributed by atoms with Crippen LogP contribution in [0.3, 0.4) is 0 Å². The predicted molar refractivity (Wildman–Crippen MR) is 123 cm³/mol. The van der Waals surface area contributed by atoms with Gasteiger partial charge in [-0.1, -0.05) is 30.3 Å². The number of nitrogens with zero attached hydrogens (tertiary/aromatic N) is 5. The molecule has 0 unspecified atom stereocenters. The Hall–Kier alpha value is -4.46. The third kappa shape index (κ3) is 4.59. The molecule has 0 saturated carbocycles. The molecule has 0 bridgehead atoms. The van der Waals surface area contributed by atoms with Crippen LogP contribution in [-0.4, -0.2) is 30.1 Å². The summed E-state index contributed by atoms with van der Waals surface area (Å²) in [6, 6.07) is 20.8. The largest absolute Gasteiger partial charge is 0.487 e. The first-order valence-corrected chi connectivity index (χ1v) is 10.6. The molecule has 2 aromatic carbocycles. The highest BCUT2D eigenvalue weighted by molar-refractivity contribution is 5.94. The average Bonchev–Trinajstić information content (AvgIpc) is 3.48. The number of aryl methyl sites for hydroxylation is 1. The van der Waals surface area contributed by atoms with Crippen LogP contribution >= 0.6 is 0 Å². The van der Waals surface area contributed by atoms with E-state index >= 15 is 0 Å². The SMILES string of the molecule is Cc1ccc2nc(COc3cccc(C(=O)NCc4nncn4-c4ccccc4)c3)cn2c1. The highest BCUT2D eigenvalue weighted by atomic mass is 16.5. The van der Waals surface area contributed by atoms with Gasteiger partial charge in [0.2, 0.25) is 0 Å². The maximum Gasteiger partial charge on any atom is 0.251 e. The molecule has 164 valence electrons. The van der Waals surface area contributed by atoms with Crippen molar-refractivity contribution in [2.45, 2.75) is 20.1 Å². The molecule has 0 atom stereocenters. The summed E-state index contributed by atoms with van der Waals surface area (Å²) < 4.78 is 9.71. The van der Waals surface area contributed by atoms with Crippen LogP contribution in [0.25, 0.3) is 11.3 Å². The Bertz CT molecular complexity index is 1410. The molecular formula is C25H22N6O2. The van der Waals surface area contributed by atoms with Gasteiger partial charge in [-0.05, 0) is 48.9 Å². The molecule has 1 N–H and O–H groups in total. The van der Waals surface area contributed by atoms with Gasteiger partial charge in [0, 0.05) is 23.6 Å². The van der Waals surface area contributed by atoms with Gasteiger partial charge < -0.3 is 14.5 Å². The van der Waals surface area contributed by atoms with Crippen molar-refractivity contribution in [1.82, 2.24) is 29.5 Å². The van der Waals surface area contributed by atoms with Crippen molar-refractivity contribution in [2.75, 3.05) is 0 Å². The molecule has 3 heterocycles. The van der Waals surface area contributed by atoms with Gasteiger partial charge in [0.1, 0.15) is 24.3 Å². The first-order valence-electron chi connectivity index (χ1n) is 10.6.